The molecule has 0 aromatic carbocycles. The SMILES string of the molecule is CCCCCCCCCCCCCCCCOC(=O)C(C)NC(=O)C(F)(F)C(F)(F)F. The maximum absolute atomic E-state index is 12.9. The highest BCUT2D eigenvalue weighted by Crippen LogP contribution is 2.35. The Hall–Kier alpha value is -1.41. The first-order chi connectivity index (χ1) is 14.5. The number of alkyl halides is 5. The highest BCUT2D eigenvalue weighted by atomic mass is 19.4. The predicted octanol–water partition coefficient (Wildman–Crippen LogP) is 6.71. The van der Waals surface area contributed by atoms with Gasteiger partial charge in [-0.25, -0.2) is 4.79 Å². The normalized spacial score (nSPS) is 13.1. The zero-order valence-electron chi connectivity index (χ0n) is 18.8. The molecule has 0 saturated carbocycles. The molecular weight excluding hydrogens is 421 g/mol. The first-order valence-corrected chi connectivity index (χ1v) is 11.5. The number of carbonyl (C=O) groups is 2. The predicted molar refractivity (Wildman–Crippen MR) is 110 cm³/mol. The fourth-order valence-electron chi connectivity index (χ4n) is 3.07. The molecule has 0 radical (unpaired) electrons. The maximum atomic E-state index is 12.9. The Bertz CT molecular complexity index is 498. The standard InChI is InChI=1S/C22H38F5NO3/c1-3-4-5-6-7-8-9-10-11-12-13-14-15-16-17-31-19(29)18(2)28-20(30)21(23,24)22(25,26)27/h18H,3-17H2,1-2H3,(H,28,30). The smallest absolute Gasteiger partial charge is 0.463 e. The van der Waals surface area contributed by atoms with E-state index >= 15 is 0 Å². The van der Waals surface area contributed by atoms with Gasteiger partial charge < -0.3 is 10.1 Å². The molecule has 0 aliphatic carbocycles. The monoisotopic (exact) mass is 459 g/mol. The van der Waals surface area contributed by atoms with Crippen LogP contribution in [0, 0.1) is 0 Å². The fourth-order valence-corrected chi connectivity index (χ4v) is 3.07. The molecule has 0 bridgehead atoms. The number of esters is 1. The highest BCUT2D eigenvalue weighted by molar-refractivity contribution is 5.88. The number of carbonyl (C=O) groups excluding carboxylic acids is 2. The van der Waals surface area contributed by atoms with Crippen molar-refractivity contribution in [3.05, 3.63) is 0 Å². The molecule has 0 aliphatic rings. The van der Waals surface area contributed by atoms with Crippen LogP contribution in [0.2, 0.25) is 0 Å². The van der Waals surface area contributed by atoms with Crippen LogP contribution in [0.5, 0.6) is 0 Å². The summed E-state index contributed by atoms with van der Waals surface area (Å²) in [6.45, 7) is 3.25. The quantitative estimate of drug-likeness (QED) is 0.141. The second kappa shape index (κ2) is 16.3. The van der Waals surface area contributed by atoms with Crippen LogP contribution in [-0.2, 0) is 14.3 Å². The summed E-state index contributed by atoms with van der Waals surface area (Å²) in [7, 11) is 0. The number of rotatable bonds is 18. The van der Waals surface area contributed by atoms with Gasteiger partial charge in [-0.2, -0.15) is 22.0 Å². The van der Waals surface area contributed by atoms with Crippen molar-refractivity contribution in [1.29, 1.82) is 0 Å². The first kappa shape index (κ1) is 29.6. The number of unbranched alkanes of at least 4 members (excludes halogenated alkanes) is 13. The van der Waals surface area contributed by atoms with Gasteiger partial charge in [-0.1, -0.05) is 90.4 Å². The molecule has 1 unspecified atom stereocenters. The van der Waals surface area contributed by atoms with Crippen LogP contribution in [0.1, 0.15) is 104 Å². The lowest BCUT2D eigenvalue weighted by molar-refractivity contribution is -0.270. The molecule has 1 amide bonds. The molecule has 4 nitrogen and oxygen atoms in total. The molecule has 0 rings (SSSR count). The summed E-state index contributed by atoms with van der Waals surface area (Å²) in [5.41, 5.74) is 0. The van der Waals surface area contributed by atoms with Crippen molar-refractivity contribution in [3.63, 3.8) is 0 Å². The molecule has 0 saturated heterocycles. The minimum atomic E-state index is -6.02. The number of amides is 1. The van der Waals surface area contributed by atoms with Crippen LogP contribution >= 0.6 is 0 Å². The van der Waals surface area contributed by atoms with Gasteiger partial charge in [-0.05, 0) is 13.3 Å². The van der Waals surface area contributed by atoms with E-state index in [-0.39, 0.29) is 6.61 Å². The maximum Gasteiger partial charge on any atom is 0.463 e. The lowest BCUT2D eigenvalue weighted by Gasteiger charge is -2.20. The zero-order valence-corrected chi connectivity index (χ0v) is 18.8. The third-order valence-electron chi connectivity index (χ3n) is 5.08. The van der Waals surface area contributed by atoms with Crippen LogP contribution in [0.3, 0.4) is 0 Å². The molecule has 0 heterocycles. The third-order valence-corrected chi connectivity index (χ3v) is 5.08. The van der Waals surface area contributed by atoms with Gasteiger partial charge in [0.25, 0.3) is 0 Å². The van der Waals surface area contributed by atoms with Crippen LogP contribution in [0.15, 0.2) is 0 Å². The molecular formula is C22H38F5NO3. The minimum absolute atomic E-state index is 0.0345. The van der Waals surface area contributed by atoms with E-state index in [1.54, 1.807) is 0 Å². The Balaban J connectivity index is 3.64. The van der Waals surface area contributed by atoms with Crippen LogP contribution in [0.4, 0.5) is 22.0 Å². The van der Waals surface area contributed by atoms with E-state index in [4.69, 9.17) is 4.74 Å². The van der Waals surface area contributed by atoms with Crippen LogP contribution < -0.4 is 5.32 Å². The van der Waals surface area contributed by atoms with E-state index in [1.807, 2.05) is 0 Å². The van der Waals surface area contributed by atoms with Gasteiger partial charge in [0.1, 0.15) is 6.04 Å². The topological polar surface area (TPSA) is 55.4 Å². The minimum Gasteiger partial charge on any atom is -0.464 e. The summed E-state index contributed by atoms with van der Waals surface area (Å²) in [6, 6.07) is -1.59. The van der Waals surface area contributed by atoms with Gasteiger partial charge >= 0.3 is 24.0 Å². The molecule has 184 valence electrons. The van der Waals surface area contributed by atoms with Crippen molar-refractivity contribution in [3.8, 4) is 0 Å². The molecule has 1 atom stereocenters. The van der Waals surface area contributed by atoms with E-state index in [0.717, 1.165) is 32.6 Å². The average Bonchev–Trinajstić information content (AvgIpc) is 2.69. The molecule has 0 spiro atoms. The molecule has 0 aliphatic heterocycles. The van der Waals surface area contributed by atoms with E-state index < -0.39 is 30.0 Å². The number of hydrogen-bond donors (Lipinski definition) is 1. The highest BCUT2D eigenvalue weighted by Gasteiger charge is 2.63. The second-order valence-electron chi connectivity index (χ2n) is 8.03. The summed E-state index contributed by atoms with van der Waals surface area (Å²) in [5, 5.41) is 1.35. The van der Waals surface area contributed by atoms with Crippen LogP contribution in [-0.4, -0.2) is 36.6 Å². The molecule has 0 fully saturated rings. The van der Waals surface area contributed by atoms with Crippen molar-refractivity contribution in [2.24, 2.45) is 0 Å². The van der Waals surface area contributed by atoms with Crippen molar-refractivity contribution >= 4 is 11.9 Å². The number of ether oxygens (including phenoxy) is 1. The summed E-state index contributed by atoms with van der Waals surface area (Å²) in [4.78, 5) is 22.7. The molecule has 9 heteroatoms. The molecule has 0 aromatic rings. The van der Waals surface area contributed by atoms with Crippen LogP contribution in [0.25, 0.3) is 0 Å². The zero-order chi connectivity index (χ0) is 23.8. The Morgan fingerprint density at radius 3 is 1.52 bits per heavy atom. The molecule has 0 aromatic heterocycles. The van der Waals surface area contributed by atoms with Gasteiger partial charge in [0, 0.05) is 0 Å². The van der Waals surface area contributed by atoms with E-state index in [0.29, 0.717) is 6.42 Å². The number of halogens is 5. The van der Waals surface area contributed by atoms with Crippen molar-refractivity contribution in [2.45, 2.75) is 122 Å². The summed E-state index contributed by atoms with van der Waals surface area (Å²) in [5.74, 6) is -9.17. The van der Waals surface area contributed by atoms with Gasteiger partial charge in [-0.15, -0.1) is 0 Å². The molecule has 1 N–H and O–H groups in total. The third kappa shape index (κ3) is 13.6. The average molecular weight is 460 g/mol. The Kier molecular flexibility index (Phi) is 15.5. The second-order valence-corrected chi connectivity index (χ2v) is 8.03. The lowest BCUT2D eigenvalue weighted by Crippen LogP contribution is -2.54. The lowest BCUT2D eigenvalue weighted by atomic mass is 10.0. The number of nitrogens with one attached hydrogen (secondary N) is 1. The Morgan fingerprint density at radius 2 is 1.13 bits per heavy atom. The van der Waals surface area contributed by atoms with E-state index in [9.17, 15) is 31.5 Å². The van der Waals surface area contributed by atoms with Crippen molar-refractivity contribution in [2.75, 3.05) is 6.61 Å². The van der Waals surface area contributed by atoms with Gasteiger partial charge in [-0.3, -0.25) is 4.79 Å². The Labute approximate surface area is 182 Å². The summed E-state index contributed by atoms with van der Waals surface area (Å²) < 4.78 is 66.9. The van der Waals surface area contributed by atoms with Crippen molar-refractivity contribution < 1.29 is 36.3 Å². The summed E-state index contributed by atoms with van der Waals surface area (Å²) >= 11 is 0. The molecule has 31 heavy (non-hydrogen) atoms. The fraction of sp³-hybridized carbons (Fsp3) is 0.909. The van der Waals surface area contributed by atoms with Gasteiger partial charge in [0.2, 0.25) is 0 Å². The van der Waals surface area contributed by atoms with Crippen molar-refractivity contribution in [1.82, 2.24) is 5.32 Å². The van der Waals surface area contributed by atoms with Gasteiger partial charge in [0.15, 0.2) is 0 Å². The largest absolute Gasteiger partial charge is 0.464 e. The van der Waals surface area contributed by atoms with E-state index in [1.165, 1.54) is 63.1 Å². The summed E-state index contributed by atoms with van der Waals surface area (Å²) in [6.07, 6.45) is 10.3. The Morgan fingerprint density at radius 1 is 0.742 bits per heavy atom. The number of hydrogen-bond acceptors (Lipinski definition) is 3. The van der Waals surface area contributed by atoms with Gasteiger partial charge in [0.05, 0.1) is 6.61 Å². The van der Waals surface area contributed by atoms with E-state index in [2.05, 4.69) is 6.92 Å². The first-order valence-electron chi connectivity index (χ1n) is 11.5.